The number of rotatable bonds is 6. The van der Waals surface area contributed by atoms with Crippen LogP contribution < -0.4 is 10.5 Å². The molecule has 4 rings (SSSR count). The van der Waals surface area contributed by atoms with Gasteiger partial charge in [0.2, 0.25) is 0 Å². The summed E-state index contributed by atoms with van der Waals surface area (Å²) in [5.74, 6) is 0.690. The molecule has 1 aliphatic heterocycles. The van der Waals surface area contributed by atoms with Crippen molar-refractivity contribution >= 4 is 42.8 Å². The summed E-state index contributed by atoms with van der Waals surface area (Å²) in [6.07, 6.45) is -1.79. The molecule has 1 fully saturated rings. The summed E-state index contributed by atoms with van der Waals surface area (Å²) in [7, 11) is -2.14. The second-order valence-electron chi connectivity index (χ2n) is 9.91. The van der Waals surface area contributed by atoms with E-state index in [1.807, 2.05) is 6.07 Å². The molecule has 0 spiro atoms. The molecule has 12 heteroatoms. The third-order valence-electron chi connectivity index (χ3n) is 6.52. The SMILES string of the molecule is CC(C)(C)[Si](C)(C)OC[C@H]1O[C@@H](n2cnc3c(N)ncnc32)[C@H](F)[C@@H]1OC(=S)Oc1ccccc1. The molecule has 188 valence electrons. The van der Waals surface area contributed by atoms with Crippen molar-refractivity contribution in [2.75, 3.05) is 12.3 Å². The van der Waals surface area contributed by atoms with Crippen molar-refractivity contribution in [1.29, 1.82) is 0 Å². The lowest BCUT2D eigenvalue weighted by Gasteiger charge is -2.37. The maximum Gasteiger partial charge on any atom is 0.358 e. The van der Waals surface area contributed by atoms with Gasteiger partial charge in [-0.15, -0.1) is 0 Å². The van der Waals surface area contributed by atoms with Crippen LogP contribution in [0.3, 0.4) is 0 Å². The molecule has 9 nitrogen and oxygen atoms in total. The van der Waals surface area contributed by atoms with Crippen LogP contribution in [0.5, 0.6) is 5.75 Å². The molecule has 1 saturated heterocycles. The Morgan fingerprint density at radius 3 is 2.60 bits per heavy atom. The van der Waals surface area contributed by atoms with Crippen molar-refractivity contribution in [2.45, 2.75) is 63.5 Å². The number of hydrogen-bond donors (Lipinski definition) is 1. The van der Waals surface area contributed by atoms with E-state index in [1.165, 1.54) is 17.2 Å². The topological polar surface area (TPSA) is 107 Å². The van der Waals surface area contributed by atoms with Crippen LogP contribution in [-0.4, -0.2) is 58.1 Å². The van der Waals surface area contributed by atoms with Gasteiger partial charge >= 0.3 is 5.24 Å². The summed E-state index contributed by atoms with van der Waals surface area (Å²) in [6.45, 7) is 10.8. The van der Waals surface area contributed by atoms with E-state index in [9.17, 15) is 0 Å². The molecule has 1 aliphatic rings. The number of benzene rings is 1. The van der Waals surface area contributed by atoms with Crippen molar-refractivity contribution in [3.63, 3.8) is 0 Å². The number of nitrogen functional groups attached to an aromatic ring is 1. The number of para-hydroxylation sites is 1. The highest BCUT2D eigenvalue weighted by molar-refractivity contribution is 7.79. The van der Waals surface area contributed by atoms with Gasteiger partial charge in [-0.25, -0.2) is 19.3 Å². The summed E-state index contributed by atoms with van der Waals surface area (Å²) >= 11 is 5.27. The average molecular weight is 520 g/mol. The van der Waals surface area contributed by atoms with Gasteiger partial charge in [-0.1, -0.05) is 39.0 Å². The predicted molar refractivity (Wildman–Crippen MR) is 136 cm³/mol. The summed E-state index contributed by atoms with van der Waals surface area (Å²) in [6, 6.07) is 8.92. The lowest BCUT2D eigenvalue weighted by molar-refractivity contribution is -0.0431. The van der Waals surface area contributed by atoms with Crippen molar-refractivity contribution in [3.8, 4) is 5.75 Å². The van der Waals surface area contributed by atoms with E-state index in [-0.39, 0.29) is 22.7 Å². The van der Waals surface area contributed by atoms with Crippen LogP contribution in [0.25, 0.3) is 11.2 Å². The molecule has 3 heterocycles. The molecular formula is C23H30FN5O4SSi. The zero-order valence-electron chi connectivity index (χ0n) is 20.3. The Kier molecular flexibility index (Phi) is 7.09. The van der Waals surface area contributed by atoms with Crippen LogP contribution in [0, 0.1) is 0 Å². The quantitative estimate of drug-likeness (QED) is 0.374. The summed E-state index contributed by atoms with van der Waals surface area (Å²) in [5, 5.41) is -0.232. The van der Waals surface area contributed by atoms with Gasteiger partial charge in [-0.2, -0.15) is 0 Å². The smallest absolute Gasteiger partial charge is 0.358 e. The molecule has 3 aromatic rings. The Balaban J connectivity index is 1.58. The lowest BCUT2D eigenvalue weighted by Crippen LogP contribution is -2.45. The first-order valence-corrected chi connectivity index (χ1v) is 14.6. The van der Waals surface area contributed by atoms with Crippen LogP contribution in [-0.2, 0) is 13.9 Å². The fraction of sp³-hybridized carbons (Fsp3) is 0.478. The van der Waals surface area contributed by atoms with E-state index in [2.05, 4.69) is 48.8 Å². The van der Waals surface area contributed by atoms with Crippen molar-refractivity contribution in [1.82, 2.24) is 19.5 Å². The van der Waals surface area contributed by atoms with Crippen LogP contribution in [0.4, 0.5) is 10.2 Å². The number of anilines is 1. The molecule has 35 heavy (non-hydrogen) atoms. The Morgan fingerprint density at radius 1 is 1.20 bits per heavy atom. The summed E-state index contributed by atoms with van der Waals surface area (Å²) in [4.78, 5) is 12.4. The number of halogens is 1. The summed E-state index contributed by atoms with van der Waals surface area (Å²) in [5.41, 5.74) is 6.62. The number of imidazole rings is 1. The van der Waals surface area contributed by atoms with Gasteiger partial charge in [0.25, 0.3) is 0 Å². The molecule has 0 aliphatic carbocycles. The minimum atomic E-state index is -2.14. The Morgan fingerprint density at radius 2 is 1.91 bits per heavy atom. The number of ether oxygens (including phenoxy) is 3. The first-order chi connectivity index (χ1) is 16.5. The molecule has 0 bridgehead atoms. The van der Waals surface area contributed by atoms with E-state index in [0.717, 1.165) is 0 Å². The Bertz CT molecular complexity index is 1190. The van der Waals surface area contributed by atoms with Crippen LogP contribution >= 0.6 is 12.2 Å². The number of fused-ring (bicyclic) bond motifs is 1. The lowest BCUT2D eigenvalue weighted by atomic mass is 10.1. The van der Waals surface area contributed by atoms with E-state index < -0.39 is 32.9 Å². The number of aromatic nitrogens is 4. The first-order valence-electron chi connectivity index (χ1n) is 11.3. The first kappa shape index (κ1) is 25.4. The highest BCUT2D eigenvalue weighted by Crippen LogP contribution is 2.40. The second kappa shape index (κ2) is 9.76. The number of thiocarbonyl (C=S) groups is 1. The molecular weight excluding hydrogens is 489 g/mol. The van der Waals surface area contributed by atoms with Crippen molar-refractivity contribution in [2.24, 2.45) is 0 Å². The van der Waals surface area contributed by atoms with Gasteiger partial charge in [0.1, 0.15) is 23.7 Å². The van der Waals surface area contributed by atoms with Crippen molar-refractivity contribution in [3.05, 3.63) is 43.0 Å². The van der Waals surface area contributed by atoms with Gasteiger partial charge in [0.15, 0.2) is 38.3 Å². The third kappa shape index (κ3) is 5.30. The van der Waals surface area contributed by atoms with Crippen molar-refractivity contribution < 1.29 is 23.0 Å². The van der Waals surface area contributed by atoms with Gasteiger partial charge in [-0.3, -0.25) is 4.57 Å². The fourth-order valence-electron chi connectivity index (χ4n) is 3.48. The minimum absolute atomic E-state index is 0.0306. The van der Waals surface area contributed by atoms with Gasteiger partial charge in [0, 0.05) is 12.2 Å². The molecule has 0 radical (unpaired) electrons. The van der Waals surface area contributed by atoms with Crippen LogP contribution in [0.15, 0.2) is 43.0 Å². The molecule has 2 aromatic heterocycles. The average Bonchev–Trinajstić information content (AvgIpc) is 3.35. The molecule has 0 amide bonds. The number of nitrogens with two attached hydrogens (primary N) is 1. The van der Waals surface area contributed by atoms with E-state index in [4.69, 9.17) is 36.6 Å². The van der Waals surface area contributed by atoms with Crippen LogP contribution in [0.1, 0.15) is 27.0 Å². The fourth-order valence-corrected chi connectivity index (χ4v) is 4.70. The van der Waals surface area contributed by atoms with Gasteiger partial charge < -0.3 is 24.4 Å². The van der Waals surface area contributed by atoms with Gasteiger partial charge in [-0.05, 0) is 30.3 Å². The highest BCUT2D eigenvalue weighted by atomic mass is 32.1. The number of hydrogen-bond acceptors (Lipinski definition) is 9. The number of alkyl halides is 1. The second-order valence-corrected chi connectivity index (χ2v) is 15.1. The standard InChI is InChI=1S/C23H30FN5O4SSi/c1-23(2,3)35(4,5)30-11-15-18(33-22(34)31-14-9-7-6-8-10-14)16(24)21(32-15)29-13-28-17-19(25)26-12-27-20(17)29/h6-10,12-13,15-16,18,21H,11H2,1-5H3,(H2,25,26,27)/t15-,16-,18-,21-/m1/s1. The maximum absolute atomic E-state index is 15.9. The van der Waals surface area contributed by atoms with E-state index >= 15 is 4.39 Å². The molecule has 2 N–H and O–H groups in total. The monoisotopic (exact) mass is 519 g/mol. The van der Waals surface area contributed by atoms with E-state index in [1.54, 1.807) is 24.3 Å². The molecule has 1 aromatic carbocycles. The molecule has 0 saturated carbocycles. The minimum Gasteiger partial charge on any atom is -0.447 e. The zero-order valence-corrected chi connectivity index (χ0v) is 22.2. The normalized spacial score (nSPS) is 22.9. The third-order valence-corrected chi connectivity index (χ3v) is 11.2. The molecule has 0 unspecified atom stereocenters. The predicted octanol–water partition coefficient (Wildman–Crippen LogP) is 4.41. The summed E-state index contributed by atoms with van der Waals surface area (Å²) < 4.78 is 41.3. The molecule has 4 atom stereocenters. The number of nitrogens with zero attached hydrogens (tertiary/aromatic N) is 4. The largest absolute Gasteiger partial charge is 0.447 e. The van der Waals surface area contributed by atoms with E-state index in [0.29, 0.717) is 16.9 Å². The van der Waals surface area contributed by atoms with Crippen LogP contribution in [0.2, 0.25) is 18.1 Å². The Hall–Kier alpha value is -2.67. The maximum atomic E-state index is 15.9. The highest BCUT2D eigenvalue weighted by Gasteiger charge is 2.50. The zero-order chi connectivity index (χ0) is 25.4. The Labute approximate surface area is 209 Å². The van der Waals surface area contributed by atoms with Gasteiger partial charge in [0.05, 0.1) is 12.9 Å².